The van der Waals surface area contributed by atoms with Crippen molar-refractivity contribution < 1.29 is 0 Å². The molecule has 1 N–H and O–H groups in total. The number of aliphatic imine (C=N–C) groups is 1. The molecule has 1 fully saturated rings. The first kappa shape index (κ1) is 17.7. The summed E-state index contributed by atoms with van der Waals surface area (Å²) in [6.07, 6.45) is 9.25. The summed E-state index contributed by atoms with van der Waals surface area (Å²) in [5.74, 6) is 0.494. The Labute approximate surface area is 162 Å². The van der Waals surface area contributed by atoms with Crippen LogP contribution >= 0.6 is 11.6 Å². The Balaban J connectivity index is 1.77. The lowest BCUT2D eigenvalue weighted by molar-refractivity contribution is 0.444. The molecule has 0 bridgehead atoms. The molecule has 0 unspecified atom stereocenters. The van der Waals surface area contributed by atoms with E-state index in [-0.39, 0.29) is 11.6 Å². The lowest BCUT2D eigenvalue weighted by atomic mass is 9.96. The number of hydrogen-bond donors (Lipinski definition) is 1. The molecule has 1 aliphatic carbocycles. The SMILES string of the molecule is O=c1c(C=NC2CCCCC2)c(Nc2cccc(Cl)c2)nc2ccccn12. The standard InChI is InChI=1S/C21H21ClN4O/c22-15-7-6-10-17(13-15)24-20-18(14-23-16-8-2-1-3-9-16)21(27)26-12-5-4-11-19(26)25-20/h4-7,10-14,16,24H,1-3,8-9H2. The molecule has 0 aliphatic heterocycles. The van der Waals surface area contributed by atoms with E-state index in [0.717, 1.165) is 18.5 Å². The zero-order valence-electron chi connectivity index (χ0n) is 14.9. The molecule has 3 aromatic rings. The van der Waals surface area contributed by atoms with E-state index in [4.69, 9.17) is 16.6 Å². The highest BCUT2D eigenvalue weighted by atomic mass is 35.5. The van der Waals surface area contributed by atoms with Gasteiger partial charge in [0.15, 0.2) is 0 Å². The number of nitrogens with zero attached hydrogens (tertiary/aromatic N) is 3. The molecule has 0 spiro atoms. The predicted octanol–water partition coefficient (Wildman–Crippen LogP) is 4.84. The first-order valence-corrected chi connectivity index (χ1v) is 9.66. The van der Waals surface area contributed by atoms with Crippen LogP contribution in [0.2, 0.25) is 5.02 Å². The number of rotatable bonds is 4. The third-order valence-corrected chi connectivity index (χ3v) is 5.08. The summed E-state index contributed by atoms with van der Waals surface area (Å²) in [4.78, 5) is 22.4. The van der Waals surface area contributed by atoms with Crippen LogP contribution in [0, 0.1) is 0 Å². The molecule has 0 radical (unpaired) electrons. The number of aromatic nitrogens is 2. The highest BCUT2D eigenvalue weighted by Gasteiger charge is 2.14. The molecule has 2 heterocycles. The van der Waals surface area contributed by atoms with Crippen molar-refractivity contribution in [1.82, 2.24) is 9.38 Å². The van der Waals surface area contributed by atoms with Crippen LogP contribution < -0.4 is 10.9 Å². The van der Waals surface area contributed by atoms with Gasteiger partial charge in [0, 0.05) is 29.2 Å². The maximum atomic E-state index is 13.0. The molecule has 5 nitrogen and oxygen atoms in total. The maximum absolute atomic E-state index is 13.0. The van der Waals surface area contributed by atoms with Crippen LogP contribution in [0.25, 0.3) is 5.65 Å². The fraction of sp³-hybridized carbons (Fsp3) is 0.286. The van der Waals surface area contributed by atoms with Gasteiger partial charge in [-0.1, -0.05) is 43.0 Å². The van der Waals surface area contributed by atoms with Gasteiger partial charge in [0.2, 0.25) is 0 Å². The maximum Gasteiger partial charge on any atom is 0.268 e. The van der Waals surface area contributed by atoms with Crippen molar-refractivity contribution in [3.8, 4) is 0 Å². The molecule has 6 heteroatoms. The Hall–Kier alpha value is -2.66. The minimum atomic E-state index is -0.135. The van der Waals surface area contributed by atoms with Crippen LogP contribution in [-0.2, 0) is 0 Å². The van der Waals surface area contributed by atoms with E-state index in [9.17, 15) is 4.79 Å². The Morgan fingerprint density at radius 2 is 2.00 bits per heavy atom. The fourth-order valence-corrected chi connectivity index (χ4v) is 3.62. The summed E-state index contributed by atoms with van der Waals surface area (Å²) in [7, 11) is 0. The van der Waals surface area contributed by atoms with Crippen molar-refractivity contribution in [1.29, 1.82) is 0 Å². The van der Waals surface area contributed by atoms with Gasteiger partial charge >= 0.3 is 0 Å². The first-order valence-electron chi connectivity index (χ1n) is 9.28. The van der Waals surface area contributed by atoms with Crippen molar-refractivity contribution >= 4 is 35.0 Å². The normalized spacial score (nSPS) is 15.4. The van der Waals surface area contributed by atoms with Gasteiger partial charge in [-0.05, 0) is 43.2 Å². The third-order valence-electron chi connectivity index (χ3n) is 4.85. The zero-order valence-corrected chi connectivity index (χ0v) is 15.7. The van der Waals surface area contributed by atoms with Gasteiger partial charge in [-0.3, -0.25) is 14.2 Å². The van der Waals surface area contributed by atoms with Crippen molar-refractivity contribution in [2.45, 2.75) is 38.1 Å². The fourth-order valence-electron chi connectivity index (χ4n) is 3.43. The quantitative estimate of drug-likeness (QED) is 0.658. The van der Waals surface area contributed by atoms with Gasteiger partial charge < -0.3 is 5.32 Å². The van der Waals surface area contributed by atoms with Gasteiger partial charge in [-0.2, -0.15) is 0 Å². The average molecular weight is 381 g/mol. The largest absolute Gasteiger partial charge is 0.339 e. The number of benzene rings is 1. The molecule has 0 saturated heterocycles. The van der Waals surface area contributed by atoms with Crippen molar-refractivity contribution in [2.24, 2.45) is 4.99 Å². The highest BCUT2D eigenvalue weighted by molar-refractivity contribution is 6.30. The topological polar surface area (TPSA) is 58.8 Å². The first-order chi connectivity index (χ1) is 13.2. The van der Waals surface area contributed by atoms with Crippen LogP contribution in [-0.4, -0.2) is 21.6 Å². The molecule has 138 valence electrons. The summed E-state index contributed by atoms with van der Waals surface area (Å²) < 4.78 is 1.55. The lowest BCUT2D eigenvalue weighted by Gasteiger charge is -2.17. The number of hydrogen-bond acceptors (Lipinski definition) is 4. The molecular weight excluding hydrogens is 360 g/mol. The molecule has 4 rings (SSSR count). The van der Waals surface area contributed by atoms with Crippen LogP contribution in [0.5, 0.6) is 0 Å². The molecule has 1 aliphatic rings. The average Bonchev–Trinajstić information content (AvgIpc) is 2.69. The van der Waals surface area contributed by atoms with Crippen LogP contribution in [0.1, 0.15) is 37.7 Å². The lowest BCUT2D eigenvalue weighted by Crippen LogP contribution is -2.22. The summed E-state index contributed by atoms with van der Waals surface area (Å²) >= 11 is 6.09. The molecule has 27 heavy (non-hydrogen) atoms. The van der Waals surface area contributed by atoms with Gasteiger partial charge in [0.25, 0.3) is 5.56 Å². The zero-order chi connectivity index (χ0) is 18.6. The molecule has 0 atom stereocenters. The molecule has 0 amide bonds. The van der Waals surface area contributed by atoms with E-state index in [1.165, 1.54) is 19.3 Å². The van der Waals surface area contributed by atoms with E-state index in [2.05, 4.69) is 10.3 Å². The highest BCUT2D eigenvalue weighted by Crippen LogP contribution is 2.22. The minimum Gasteiger partial charge on any atom is -0.339 e. The summed E-state index contributed by atoms with van der Waals surface area (Å²) in [5.41, 5.74) is 1.69. The minimum absolute atomic E-state index is 0.135. The number of pyridine rings is 1. The molecule has 2 aromatic heterocycles. The van der Waals surface area contributed by atoms with E-state index < -0.39 is 0 Å². The number of fused-ring (bicyclic) bond motifs is 1. The van der Waals surface area contributed by atoms with Gasteiger partial charge in [0.05, 0.1) is 0 Å². The smallest absolute Gasteiger partial charge is 0.268 e. The van der Waals surface area contributed by atoms with Gasteiger partial charge in [0.1, 0.15) is 17.0 Å². The second-order valence-electron chi connectivity index (χ2n) is 6.81. The van der Waals surface area contributed by atoms with Crippen LogP contribution in [0.4, 0.5) is 11.5 Å². The van der Waals surface area contributed by atoms with Gasteiger partial charge in [-0.15, -0.1) is 0 Å². The van der Waals surface area contributed by atoms with E-state index in [0.29, 0.717) is 22.1 Å². The summed E-state index contributed by atoms with van der Waals surface area (Å²) in [6.45, 7) is 0. The van der Waals surface area contributed by atoms with Crippen LogP contribution in [0.15, 0.2) is 58.4 Å². The number of halogens is 1. The van der Waals surface area contributed by atoms with Gasteiger partial charge in [-0.25, -0.2) is 4.98 Å². The van der Waals surface area contributed by atoms with E-state index in [1.54, 1.807) is 28.9 Å². The Bertz CT molecular complexity index is 1040. The molecule has 1 aromatic carbocycles. The molecular formula is C21H21ClN4O. The van der Waals surface area contributed by atoms with Crippen molar-refractivity contribution in [3.05, 3.63) is 69.6 Å². The van der Waals surface area contributed by atoms with E-state index >= 15 is 0 Å². The second-order valence-corrected chi connectivity index (χ2v) is 7.25. The van der Waals surface area contributed by atoms with Crippen molar-refractivity contribution in [3.63, 3.8) is 0 Å². The van der Waals surface area contributed by atoms with Crippen molar-refractivity contribution in [2.75, 3.05) is 5.32 Å². The Morgan fingerprint density at radius 3 is 2.81 bits per heavy atom. The van der Waals surface area contributed by atoms with Crippen LogP contribution in [0.3, 0.4) is 0 Å². The second kappa shape index (κ2) is 7.92. The Kier molecular flexibility index (Phi) is 5.21. The number of anilines is 2. The number of nitrogens with one attached hydrogen (secondary N) is 1. The summed E-state index contributed by atoms with van der Waals surface area (Å²) in [6, 6.07) is 13.1. The molecule has 1 saturated carbocycles. The van der Waals surface area contributed by atoms with E-state index in [1.807, 2.05) is 30.3 Å². The monoisotopic (exact) mass is 380 g/mol. The summed E-state index contributed by atoms with van der Waals surface area (Å²) in [5, 5.41) is 3.85. The Morgan fingerprint density at radius 1 is 1.15 bits per heavy atom. The predicted molar refractivity (Wildman–Crippen MR) is 111 cm³/mol. The third kappa shape index (κ3) is 4.03.